The maximum Gasteiger partial charge on any atom is 0.0329 e. The fourth-order valence-corrected chi connectivity index (χ4v) is 3.66. The Kier molecular flexibility index (Phi) is 7.53. The zero-order chi connectivity index (χ0) is 15.2. The van der Waals surface area contributed by atoms with E-state index in [9.17, 15) is 0 Å². The summed E-state index contributed by atoms with van der Waals surface area (Å²) in [6, 6.07) is 0.695. The average Bonchev–Trinajstić information content (AvgIpc) is 2.38. The summed E-state index contributed by atoms with van der Waals surface area (Å²) in [7, 11) is 0. The molecule has 1 fully saturated rings. The van der Waals surface area contributed by atoms with E-state index in [0.717, 1.165) is 11.8 Å². The van der Waals surface area contributed by atoms with Crippen LogP contribution in [0.2, 0.25) is 0 Å². The molecule has 1 N–H and O–H groups in total. The van der Waals surface area contributed by atoms with E-state index in [1.807, 2.05) is 0 Å². The van der Waals surface area contributed by atoms with Crippen LogP contribution in [0.25, 0.3) is 0 Å². The molecule has 1 saturated heterocycles. The summed E-state index contributed by atoms with van der Waals surface area (Å²) >= 11 is 0. The Morgan fingerprint density at radius 3 is 2.25 bits per heavy atom. The number of nitrogens with zero attached hydrogens (tertiary/aromatic N) is 1. The maximum atomic E-state index is 3.83. The van der Waals surface area contributed by atoms with Gasteiger partial charge < -0.3 is 5.32 Å². The van der Waals surface area contributed by atoms with Gasteiger partial charge in [0, 0.05) is 24.7 Å². The second kappa shape index (κ2) is 8.38. The second-order valence-corrected chi connectivity index (χ2v) is 7.62. The number of nitrogens with one attached hydrogen (secondary N) is 1. The quantitative estimate of drug-likeness (QED) is 0.714. The monoisotopic (exact) mass is 282 g/mol. The van der Waals surface area contributed by atoms with Crippen LogP contribution in [0.1, 0.15) is 73.6 Å². The number of piperazine rings is 1. The van der Waals surface area contributed by atoms with Crippen molar-refractivity contribution in [3.05, 3.63) is 0 Å². The van der Waals surface area contributed by atoms with Gasteiger partial charge in [0.2, 0.25) is 0 Å². The number of rotatable bonds is 8. The molecule has 0 amide bonds. The predicted molar refractivity (Wildman–Crippen MR) is 90.2 cm³/mol. The highest BCUT2D eigenvalue weighted by Gasteiger charge is 2.38. The first kappa shape index (κ1) is 18.0. The number of hydrogen-bond acceptors (Lipinski definition) is 2. The van der Waals surface area contributed by atoms with Crippen LogP contribution in [-0.2, 0) is 0 Å². The average molecular weight is 283 g/mol. The van der Waals surface area contributed by atoms with Crippen molar-refractivity contribution in [3.63, 3.8) is 0 Å². The van der Waals surface area contributed by atoms with Crippen LogP contribution in [-0.4, -0.2) is 36.1 Å². The molecule has 1 atom stereocenters. The highest BCUT2D eigenvalue weighted by Crippen LogP contribution is 2.28. The van der Waals surface area contributed by atoms with E-state index in [-0.39, 0.29) is 0 Å². The SMILES string of the molecule is CCC1(CC)CNC(CC(C)C)CN1CCCC(C)C. The van der Waals surface area contributed by atoms with Crippen molar-refractivity contribution in [2.75, 3.05) is 19.6 Å². The molecular weight excluding hydrogens is 244 g/mol. The van der Waals surface area contributed by atoms with Crippen LogP contribution >= 0.6 is 0 Å². The lowest BCUT2D eigenvalue weighted by Gasteiger charge is -2.50. The molecule has 0 aromatic heterocycles. The molecule has 1 unspecified atom stereocenters. The largest absolute Gasteiger partial charge is 0.311 e. The number of hydrogen-bond donors (Lipinski definition) is 1. The zero-order valence-corrected chi connectivity index (χ0v) is 14.8. The molecular formula is C18H38N2. The molecule has 20 heavy (non-hydrogen) atoms. The molecule has 1 aliphatic rings. The first-order valence-corrected chi connectivity index (χ1v) is 8.92. The van der Waals surface area contributed by atoms with Crippen LogP contribution in [0.4, 0.5) is 0 Å². The second-order valence-electron chi connectivity index (χ2n) is 7.62. The molecule has 0 spiro atoms. The highest BCUT2D eigenvalue weighted by atomic mass is 15.3. The van der Waals surface area contributed by atoms with E-state index in [4.69, 9.17) is 0 Å². The minimum atomic E-state index is 0.407. The minimum Gasteiger partial charge on any atom is -0.311 e. The molecule has 2 nitrogen and oxygen atoms in total. The lowest BCUT2D eigenvalue weighted by molar-refractivity contribution is 0.0257. The summed E-state index contributed by atoms with van der Waals surface area (Å²) in [6.07, 6.45) is 6.57. The third-order valence-corrected chi connectivity index (χ3v) is 5.11. The normalized spacial score (nSPS) is 23.7. The van der Waals surface area contributed by atoms with Gasteiger partial charge in [0.05, 0.1) is 0 Å². The van der Waals surface area contributed by atoms with Crippen LogP contribution < -0.4 is 5.32 Å². The van der Waals surface area contributed by atoms with Crippen molar-refractivity contribution in [1.82, 2.24) is 10.2 Å². The van der Waals surface area contributed by atoms with Crippen molar-refractivity contribution in [2.24, 2.45) is 11.8 Å². The van der Waals surface area contributed by atoms with Crippen molar-refractivity contribution in [1.29, 1.82) is 0 Å². The van der Waals surface area contributed by atoms with Crippen LogP contribution in [0.5, 0.6) is 0 Å². The van der Waals surface area contributed by atoms with Gasteiger partial charge in [-0.05, 0) is 50.5 Å². The smallest absolute Gasteiger partial charge is 0.0329 e. The fraction of sp³-hybridized carbons (Fsp3) is 1.00. The summed E-state index contributed by atoms with van der Waals surface area (Å²) in [6.45, 7) is 17.8. The van der Waals surface area contributed by atoms with Crippen molar-refractivity contribution >= 4 is 0 Å². The standard InChI is InChI=1S/C18H38N2/c1-7-18(8-2)14-19-17(12-16(5)6)13-20(18)11-9-10-15(3)4/h15-17,19H,7-14H2,1-6H3. The van der Waals surface area contributed by atoms with E-state index in [0.29, 0.717) is 11.6 Å². The Balaban J connectivity index is 2.62. The van der Waals surface area contributed by atoms with Gasteiger partial charge in [-0.15, -0.1) is 0 Å². The molecule has 0 aromatic rings. The van der Waals surface area contributed by atoms with Gasteiger partial charge in [0.1, 0.15) is 0 Å². The molecule has 1 rings (SSSR count). The van der Waals surface area contributed by atoms with Gasteiger partial charge in [0.25, 0.3) is 0 Å². The van der Waals surface area contributed by atoms with Gasteiger partial charge in [-0.2, -0.15) is 0 Å². The maximum absolute atomic E-state index is 3.83. The molecule has 0 radical (unpaired) electrons. The molecule has 0 saturated carbocycles. The summed E-state index contributed by atoms with van der Waals surface area (Å²) in [5, 5.41) is 3.83. The van der Waals surface area contributed by atoms with E-state index in [1.54, 1.807) is 0 Å². The molecule has 2 heteroatoms. The van der Waals surface area contributed by atoms with Crippen LogP contribution in [0.3, 0.4) is 0 Å². The molecule has 0 bridgehead atoms. The Labute approximate surface area is 127 Å². The zero-order valence-electron chi connectivity index (χ0n) is 14.8. The molecule has 0 aromatic carbocycles. The Morgan fingerprint density at radius 2 is 1.75 bits per heavy atom. The van der Waals surface area contributed by atoms with E-state index in [1.165, 1.54) is 51.7 Å². The topological polar surface area (TPSA) is 15.3 Å². The van der Waals surface area contributed by atoms with Gasteiger partial charge in [-0.3, -0.25) is 4.90 Å². The van der Waals surface area contributed by atoms with Crippen LogP contribution in [0.15, 0.2) is 0 Å². The first-order chi connectivity index (χ1) is 9.43. The van der Waals surface area contributed by atoms with E-state index >= 15 is 0 Å². The molecule has 120 valence electrons. The predicted octanol–water partition coefficient (Wildman–Crippen LogP) is 4.30. The van der Waals surface area contributed by atoms with Gasteiger partial charge in [-0.25, -0.2) is 0 Å². The Bertz CT molecular complexity index is 256. The lowest BCUT2D eigenvalue weighted by atomic mass is 9.85. The summed E-state index contributed by atoms with van der Waals surface area (Å²) in [5.41, 5.74) is 0.407. The summed E-state index contributed by atoms with van der Waals surface area (Å²) < 4.78 is 0. The third kappa shape index (κ3) is 5.04. The Hall–Kier alpha value is -0.0800. The molecule has 0 aliphatic carbocycles. The van der Waals surface area contributed by atoms with Crippen molar-refractivity contribution < 1.29 is 0 Å². The molecule has 1 heterocycles. The van der Waals surface area contributed by atoms with Crippen molar-refractivity contribution in [3.8, 4) is 0 Å². The van der Waals surface area contributed by atoms with Crippen molar-refractivity contribution in [2.45, 2.75) is 85.2 Å². The molecule has 1 aliphatic heterocycles. The Morgan fingerprint density at radius 1 is 1.10 bits per heavy atom. The summed E-state index contributed by atoms with van der Waals surface area (Å²) in [4.78, 5) is 2.82. The van der Waals surface area contributed by atoms with Gasteiger partial charge >= 0.3 is 0 Å². The van der Waals surface area contributed by atoms with E-state index < -0.39 is 0 Å². The third-order valence-electron chi connectivity index (χ3n) is 5.11. The highest BCUT2D eigenvalue weighted by molar-refractivity contribution is 4.97. The minimum absolute atomic E-state index is 0.407. The van der Waals surface area contributed by atoms with Gasteiger partial charge in [-0.1, -0.05) is 41.5 Å². The van der Waals surface area contributed by atoms with Crippen LogP contribution in [0, 0.1) is 11.8 Å². The fourth-order valence-electron chi connectivity index (χ4n) is 3.66. The van der Waals surface area contributed by atoms with Gasteiger partial charge in [0.15, 0.2) is 0 Å². The lowest BCUT2D eigenvalue weighted by Crippen LogP contribution is -2.64. The summed E-state index contributed by atoms with van der Waals surface area (Å²) in [5.74, 6) is 1.63. The first-order valence-electron chi connectivity index (χ1n) is 8.92. The van der Waals surface area contributed by atoms with E-state index in [2.05, 4.69) is 51.8 Å².